The van der Waals surface area contributed by atoms with Crippen molar-refractivity contribution in [3.05, 3.63) is 30.0 Å². The molecule has 1 aliphatic rings. The maximum Gasteiger partial charge on any atom is 0.371 e. The summed E-state index contributed by atoms with van der Waals surface area (Å²) in [6, 6.07) is 6.30. The number of amides is 2. The fourth-order valence-electron chi connectivity index (χ4n) is 2.81. The van der Waals surface area contributed by atoms with Gasteiger partial charge in [0, 0.05) is 24.0 Å². The van der Waals surface area contributed by atoms with E-state index < -0.39 is 5.97 Å². The fourth-order valence-corrected chi connectivity index (χ4v) is 2.81. The average Bonchev–Trinajstić information content (AvgIpc) is 2.86. The number of hydrogen-bond acceptors (Lipinski definition) is 4. The Hall–Kier alpha value is -2.83. The zero-order chi connectivity index (χ0) is 17.1. The molecule has 0 aliphatic carbocycles. The Morgan fingerprint density at radius 1 is 1.21 bits per heavy atom. The van der Waals surface area contributed by atoms with Crippen LogP contribution in [0.15, 0.2) is 28.7 Å². The van der Waals surface area contributed by atoms with E-state index in [0.29, 0.717) is 29.6 Å². The van der Waals surface area contributed by atoms with E-state index in [1.54, 1.807) is 23.1 Å². The van der Waals surface area contributed by atoms with Crippen LogP contribution in [0.5, 0.6) is 0 Å². The monoisotopic (exact) mass is 330 g/mol. The summed E-state index contributed by atoms with van der Waals surface area (Å²) in [6.07, 6.45) is 3.29. The minimum absolute atomic E-state index is 0.0130. The molecule has 0 spiro atoms. The number of fused-ring (bicyclic) bond motifs is 1. The highest BCUT2D eigenvalue weighted by Crippen LogP contribution is 2.23. The highest BCUT2D eigenvalue weighted by molar-refractivity contribution is 5.97. The number of furan rings is 1. The van der Waals surface area contributed by atoms with Crippen LogP contribution in [0.4, 0.5) is 5.69 Å². The van der Waals surface area contributed by atoms with Gasteiger partial charge in [-0.2, -0.15) is 0 Å². The van der Waals surface area contributed by atoms with Gasteiger partial charge in [0.2, 0.25) is 17.6 Å². The SMILES string of the molecule is O=C(CN1CCCCCC1=O)Nc1ccc2oc(C(=O)O)cc2c1. The smallest absolute Gasteiger partial charge is 0.371 e. The van der Waals surface area contributed by atoms with Gasteiger partial charge in [-0.3, -0.25) is 9.59 Å². The zero-order valence-electron chi connectivity index (χ0n) is 13.1. The van der Waals surface area contributed by atoms with Gasteiger partial charge >= 0.3 is 5.97 Å². The van der Waals surface area contributed by atoms with Crippen LogP contribution in [0, 0.1) is 0 Å². The Morgan fingerprint density at radius 2 is 2.04 bits per heavy atom. The summed E-state index contributed by atoms with van der Waals surface area (Å²) < 4.78 is 5.17. The number of likely N-dealkylation sites (tertiary alicyclic amines) is 1. The van der Waals surface area contributed by atoms with Crippen molar-refractivity contribution in [3.8, 4) is 0 Å². The van der Waals surface area contributed by atoms with Gasteiger partial charge in [-0.1, -0.05) is 6.42 Å². The Labute approximate surface area is 138 Å². The Kier molecular flexibility index (Phi) is 4.50. The summed E-state index contributed by atoms with van der Waals surface area (Å²) in [6.45, 7) is 0.637. The zero-order valence-corrected chi connectivity index (χ0v) is 13.1. The first kappa shape index (κ1) is 16.0. The molecule has 1 aliphatic heterocycles. The molecule has 3 rings (SSSR count). The third-order valence-electron chi connectivity index (χ3n) is 4.02. The lowest BCUT2D eigenvalue weighted by Gasteiger charge is -2.19. The van der Waals surface area contributed by atoms with E-state index >= 15 is 0 Å². The second-order valence-corrected chi connectivity index (χ2v) is 5.84. The highest BCUT2D eigenvalue weighted by Gasteiger charge is 2.19. The summed E-state index contributed by atoms with van der Waals surface area (Å²) in [5.74, 6) is -1.55. The van der Waals surface area contributed by atoms with Crippen LogP contribution >= 0.6 is 0 Å². The van der Waals surface area contributed by atoms with Crippen LogP contribution in [-0.4, -0.2) is 40.9 Å². The van der Waals surface area contributed by atoms with Gasteiger partial charge < -0.3 is 19.7 Å². The maximum atomic E-state index is 12.2. The van der Waals surface area contributed by atoms with Crippen LogP contribution in [0.25, 0.3) is 11.0 Å². The molecule has 24 heavy (non-hydrogen) atoms. The Morgan fingerprint density at radius 3 is 2.83 bits per heavy atom. The molecule has 2 aromatic rings. The molecule has 2 amide bonds. The fraction of sp³-hybridized carbons (Fsp3) is 0.353. The number of carboxylic acids is 1. The molecule has 0 unspecified atom stereocenters. The average molecular weight is 330 g/mol. The van der Waals surface area contributed by atoms with Crippen molar-refractivity contribution in [1.29, 1.82) is 0 Å². The summed E-state index contributed by atoms with van der Waals surface area (Å²) in [5.41, 5.74) is 0.973. The lowest BCUT2D eigenvalue weighted by molar-refractivity contribution is -0.134. The second kappa shape index (κ2) is 6.74. The summed E-state index contributed by atoms with van der Waals surface area (Å²) >= 11 is 0. The van der Waals surface area contributed by atoms with Gasteiger partial charge in [-0.15, -0.1) is 0 Å². The molecule has 0 bridgehead atoms. The predicted molar refractivity (Wildman–Crippen MR) is 86.9 cm³/mol. The lowest BCUT2D eigenvalue weighted by atomic mass is 10.2. The van der Waals surface area contributed by atoms with Gasteiger partial charge in [-0.05, 0) is 37.1 Å². The second-order valence-electron chi connectivity index (χ2n) is 5.84. The van der Waals surface area contributed by atoms with Crippen molar-refractivity contribution in [2.24, 2.45) is 0 Å². The van der Waals surface area contributed by atoms with Crippen molar-refractivity contribution in [2.45, 2.75) is 25.7 Å². The number of carboxylic acid groups (broad SMARTS) is 1. The normalized spacial score (nSPS) is 15.3. The molecular weight excluding hydrogens is 312 g/mol. The van der Waals surface area contributed by atoms with Gasteiger partial charge in [-0.25, -0.2) is 4.79 Å². The van der Waals surface area contributed by atoms with Crippen LogP contribution in [-0.2, 0) is 9.59 Å². The third-order valence-corrected chi connectivity index (χ3v) is 4.02. The van der Waals surface area contributed by atoms with E-state index in [1.165, 1.54) is 6.07 Å². The number of nitrogens with one attached hydrogen (secondary N) is 1. The van der Waals surface area contributed by atoms with Gasteiger partial charge in [0.25, 0.3) is 0 Å². The molecule has 7 nitrogen and oxygen atoms in total. The summed E-state index contributed by atoms with van der Waals surface area (Å²) in [7, 11) is 0. The van der Waals surface area contributed by atoms with Gasteiger partial charge in [0.15, 0.2) is 0 Å². The minimum Gasteiger partial charge on any atom is -0.475 e. The van der Waals surface area contributed by atoms with Crippen molar-refractivity contribution >= 4 is 34.4 Å². The number of aromatic carboxylic acids is 1. The Bertz CT molecular complexity index is 795. The van der Waals surface area contributed by atoms with Crippen LogP contribution in [0.1, 0.15) is 36.2 Å². The lowest BCUT2D eigenvalue weighted by Crippen LogP contribution is -2.37. The Balaban J connectivity index is 1.68. The number of carbonyl (C=O) groups excluding carboxylic acids is 2. The molecule has 126 valence electrons. The maximum absolute atomic E-state index is 12.2. The van der Waals surface area contributed by atoms with E-state index in [0.717, 1.165) is 19.3 Å². The standard InChI is InChI=1S/C17H18N2O5/c20-15(10-19-7-3-1-2-4-16(19)21)18-12-5-6-13-11(8-12)9-14(24-13)17(22)23/h5-6,8-9H,1-4,7,10H2,(H,18,20)(H,22,23). The van der Waals surface area contributed by atoms with Crippen LogP contribution in [0.3, 0.4) is 0 Å². The van der Waals surface area contributed by atoms with Gasteiger partial charge in [0.1, 0.15) is 5.58 Å². The van der Waals surface area contributed by atoms with Crippen molar-refractivity contribution in [2.75, 3.05) is 18.4 Å². The first-order valence-electron chi connectivity index (χ1n) is 7.87. The molecule has 1 aromatic carbocycles. The van der Waals surface area contributed by atoms with Crippen molar-refractivity contribution < 1.29 is 23.9 Å². The van der Waals surface area contributed by atoms with E-state index in [-0.39, 0.29) is 24.1 Å². The van der Waals surface area contributed by atoms with Crippen LogP contribution in [0.2, 0.25) is 0 Å². The topological polar surface area (TPSA) is 99.9 Å². The molecular formula is C17H18N2O5. The summed E-state index contributed by atoms with van der Waals surface area (Å²) in [4.78, 5) is 36.6. The molecule has 0 atom stereocenters. The van der Waals surface area contributed by atoms with Crippen molar-refractivity contribution in [3.63, 3.8) is 0 Å². The first-order chi connectivity index (χ1) is 11.5. The number of carbonyl (C=O) groups is 3. The molecule has 2 N–H and O–H groups in total. The number of rotatable bonds is 4. The molecule has 1 saturated heterocycles. The minimum atomic E-state index is -1.14. The molecule has 2 heterocycles. The number of nitrogens with zero attached hydrogens (tertiary/aromatic N) is 1. The molecule has 0 radical (unpaired) electrons. The van der Waals surface area contributed by atoms with Crippen molar-refractivity contribution in [1.82, 2.24) is 4.90 Å². The molecule has 0 saturated carbocycles. The quantitative estimate of drug-likeness (QED) is 0.897. The third kappa shape index (κ3) is 3.56. The van der Waals surface area contributed by atoms with Gasteiger partial charge in [0.05, 0.1) is 6.54 Å². The predicted octanol–water partition coefficient (Wildman–Crippen LogP) is 2.47. The molecule has 7 heteroatoms. The van der Waals surface area contributed by atoms with E-state index in [1.807, 2.05) is 0 Å². The largest absolute Gasteiger partial charge is 0.475 e. The van der Waals surface area contributed by atoms with E-state index in [9.17, 15) is 14.4 Å². The number of benzene rings is 1. The molecule has 1 aromatic heterocycles. The highest BCUT2D eigenvalue weighted by atomic mass is 16.4. The van der Waals surface area contributed by atoms with E-state index in [4.69, 9.17) is 9.52 Å². The molecule has 1 fully saturated rings. The summed E-state index contributed by atoms with van der Waals surface area (Å²) in [5, 5.41) is 12.3. The van der Waals surface area contributed by atoms with E-state index in [2.05, 4.69) is 5.32 Å². The number of hydrogen-bond donors (Lipinski definition) is 2. The number of anilines is 1. The van der Waals surface area contributed by atoms with Crippen LogP contribution < -0.4 is 5.32 Å². The first-order valence-corrected chi connectivity index (χ1v) is 7.87.